The smallest absolute Gasteiger partial charge is 0.0603 e. The van der Waals surface area contributed by atoms with E-state index in [4.69, 9.17) is 5.11 Å². The first-order valence-corrected chi connectivity index (χ1v) is 5.06. The third-order valence-electron chi connectivity index (χ3n) is 2.14. The molecule has 3 nitrogen and oxygen atoms in total. The maximum atomic E-state index is 9.44. The average molecular weight is 189 g/mol. The Labute approximate surface area is 81.2 Å². The monoisotopic (exact) mass is 189 g/mol. The van der Waals surface area contributed by atoms with Gasteiger partial charge in [-0.05, 0) is 39.7 Å². The molecule has 0 spiro atoms. The highest BCUT2D eigenvalue weighted by Crippen LogP contribution is 2.06. The van der Waals surface area contributed by atoms with E-state index in [0.717, 1.165) is 25.8 Å². The topological polar surface area (TPSA) is 52.5 Å². The second kappa shape index (κ2) is 6.35. The molecule has 0 aromatic heterocycles. The van der Waals surface area contributed by atoms with Gasteiger partial charge >= 0.3 is 0 Å². The van der Waals surface area contributed by atoms with Crippen molar-refractivity contribution in [2.75, 3.05) is 13.2 Å². The van der Waals surface area contributed by atoms with Crippen molar-refractivity contribution in [3.63, 3.8) is 0 Å². The molecule has 0 aromatic rings. The second-order valence-corrected chi connectivity index (χ2v) is 4.13. The minimum Gasteiger partial charge on any atom is -0.396 e. The molecule has 0 saturated heterocycles. The molecule has 0 radical (unpaired) electrons. The summed E-state index contributed by atoms with van der Waals surface area (Å²) < 4.78 is 0. The number of aliphatic hydroxyl groups is 2. The third kappa shape index (κ3) is 8.22. The van der Waals surface area contributed by atoms with Gasteiger partial charge in [-0.2, -0.15) is 0 Å². The van der Waals surface area contributed by atoms with E-state index < -0.39 is 5.60 Å². The van der Waals surface area contributed by atoms with Crippen molar-refractivity contribution in [2.45, 2.75) is 51.7 Å². The van der Waals surface area contributed by atoms with Crippen molar-refractivity contribution in [1.29, 1.82) is 0 Å². The zero-order valence-corrected chi connectivity index (χ0v) is 9.01. The molecular formula is C10H23NO2. The van der Waals surface area contributed by atoms with E-state index in [1.807, 2.05) is 13.8 Å². The van der Waals surface area contributed by atoms with Crippen molar-refractivity contribution in [1.82, 2.24) is 5.32 Å². The predicted molar refractivity (Wildman–Crippen MR) is 54.7 cm³/mol. The van der Waals surface area contributed by atoms with Crippen LogP contribution in [0.2, 0.25) is 0 Å². The molecule has 0 aliphatic carbocycles. The maximum absolute atomic E-state index is 9.44. The summed E-state index contributed by atoms with van der Waals surface area (Å²) >= 11 is 0. The highest BCUT2D eigenvalue weighted by Gasteiger charge is 2.12. The first kappa shape index (κ1) is 12.9. The van der Waals surface area contributed by atoms with Gasteiger partial charge in [0.2, 0.25) is 0 Å². The van der Waals surface area contributed by atoms with E-state index in [1.165, 1.54) is 0 Å². The van der Waals surface area contributed by atoms with Gasteiger partial charge in [-0.25, -0.2) is 0 Å². The summed E-state index contributed by atoms with van der Waals surface area (Å²) in [4.78, 5) is 0. The van der Waals surface area contributed by atoms with E-state index in [1.54, 1.807) is 0 Å². The number of hydrogen-bond donors (Lipinski definition) is 3. The maximum Gasteiger partial charge on any atom is 0.0603 e. The molecule has 3 heteroatoms. The molecule has 0 fully saturated rings. The lowest BCUT2D eigenvalue weighted by molar-refractivity contribution is 0.0700. The zero-order chi connectivity index (χ0) is 10.3. The van der Waals surface area contributed by atoms with Crippen LogP contribution in [0.1, 0.15) is 40.0 Å². The summed E-state index contributed by atoms with van der Waals surface area (Å²) in [7, 11) is 0. The van der Waals surface area contributed by atoms with Crippen LogP contribution in [0.4, 0.5) is 0 Å². The molecule has 13 heavy (non-hydrogen) atoms. The fraction of sp³-hybridized carbons (Fsp3) is 1.00. The van der Waals surface area contributed by atoms with Crippen molar-refractivity contribution >= 4 is 0 Å². The molecule has 0 aliphatic heterocycles. The van der Waals surface area contributed by atoms with Crippen molar-refractivity contribution in [3.05, 3.63) is 0 Å². The van der Waals surface area contributed by atoms with E-state index >= 15 is 0 Å². The molecule has 3 N–H and O–H groups in total. The number of rotatable bonds is 7. The van der Waals surface area contributed by atoms with E-state index in [9.17, 15) is 5.11 Å². The minimum absolute atomic E-state index is 0.230. The van der Waals surface area contributed by atoms with Gasteiger partial charge in [0.05, 0.1) is 5.60 Å². The lowest BCUT2D eigenvalue weighted by Crippen LogP contribution is -2.34. The summed E-state index contributed by atoms with van der Waals surface area (Å²) in [6, 6.07) is 0.382. The van der Waals surface area contributed by atoms with Crippen molar-refractivity contribution in [2.24, 2.45) is 0 Å². The van der Waals surface area contributed by atoms with Gasteiger partial charge in [0.15, 0.2) is 0 Å². The molecule has 0 aliphatic rings. The molecule has 1 atom stereocenters. The summed E-state index contributed by atoms with van der Waals surface area (Å²) in [6.45, 7) is 6.75. The van der Waals surface area contributed by atoms with Crippen LogP contribution in [0.3, 0.4) is 0 Å². The average Bonchev–Trinajstić information content (AvgIpc) is 2.01. The Balaban J connectivity index is 3.49. The molecule has 80 valence electrons. The summed E-state index contributed by atoms with van der Waals surface area (Å²) in [5, 5.41) is 21.5. The summed E-state index contributed by atoms with van der Waals surface area (Å²) in [5.41, 5.74) is -0.593. The summed E-state index contributed by atoms with van der Waals surface area (Å²) in [6.07, 6.45) is 2.56. The lowest BCUT2D eigenvalue weighted by Gasteiger charge is -2.20. The quantitative estimate of drug-likeness (QED) is 0.557. The van der Waals surface area contributed by atoms with Crippen LogP contribution in [0, 0.1) is 0 Å². The van der Waals surface area contributed by atoms with Gasteiger partial charge < -0.3 is 15.5 Å². The SMILES string of the molecule is CCC(CCO)NCCC(C)(C)O. The van der Waals surface area contributed by atoms with Crippen LogP contribution in [0.25, 0.3) is 0 Å². The van der Waals surface area contributed by atoms with Crippen LogP contribution in [0.15, 0.2) is 0 Å². The first-order chi connectivity index (χ1) is 5.99. The molecule has 0 heterocycles. The third-order valence-corrected chi connectivity index (χ3v) is 2.14. The Hall–Kier alpha value is -0.120. The number of nitrogens with one attached hydrogen (secondary N) is 1. The number of hydrogen-bond acceptors (Lipinski definition) is 3. The Morgan fingerprint density at radius 2 is 2.00 bits per heavy atom. The van der Waals surface area contributed by atoms with Gasteiger partial charge in [0.1, 0.15) is 0 Å². The first-order valence-electron chi connectivity index (χ1n) is 5.06. The normalized spacial score (nSPS) is 14.5. The standard InChI is InChI=1S/C10H23NO2/c1-4-9(5-8-12)11-7-6-10(2,3)13/h9,11-13H,4-8H2,1-3H3. The van der Waals surface area contributed by atoms with Crippen LogP contribution in [-0.2, 0) is 0 Å². The molecule has 0 bridgehead atoms. The Kier molecular flexibility index (Phi) is 6.29. The van der Waals surface area contributed by atoms with E-state index in [-0.39, 0.29) is 6.61 Å². The molecule has 0 amide bonds. The Morgan fingerprint density at radius 1 is 1.38 bits per heavy atom. The molecule has 0 saturated carbocycles. The van der Waals surface area contributed by atoms with Crippen molar-refractivity contribution in [3.8, 4) is 0 Å². The number of aliphatic hydroxyl groups excluding tert-OH is 1. The highest BCUT2D eigenvalue weighted by atomic mass is 16.3. The Morgan fingerprint density at radius 3 is 2.38 bits per heavy atom. The largest absolute Gasteiger partial charge is 0.396 e. The fourth-order valence-corrected chi connectivity index (χ4v) is 1.19. The zero-order valence-electron chi connectivity index (χ0n) is 9.01. The van der Waals surface area contributed by atoms with Gasteiger partial charge in [0, 0.05) is 12.6 Å². The van der Waals surface area contributed by atoms with Crippen LogP contribution in [-0.4, -0.2) is 35.0 Å². The second-order valence-electron chi connectivity index (χ2n) is 4.13. The molecule has 0 rings (SSSR count). The molecule has 1 unspecified atom stereocenters. The van der Waals surface area contributed by atoms with Crippen LogP contribution >= 0.6 is 0 Å². The van der Waals surface area contributed by atoms with Gasteiger partial charge in [0.25, 0.3) is 0 Å². The molecular weight excluding hydrogens is 166 g/mol. The van der Waals surface area contributed by atoms with Gasteiger partial charge in [-0.15, -0.1) is 0 Å². The van der Waals surface area contributed by atoms with Gasteiger partial charge in [-0.3, -0.25) is 0 Å². The fourth-order valence-electron chi connectivity index (χ4n) is 1.19. The van der Waals surface area contributed by atoms with Gasteiger partial charge in [-0.1, -0.05) is 6.92 Å². The summed E-state index contributed by atoms with van der Waals surface area (Å²) in [5.74, 6) is 0. The van der Waals surface area contributed by atoms with Crippen molar-refractivity contribution < 1.29 is 10.2 Å². The minimum atomic E-state index is -0.593. The van der Waals surface area contributed by atoms with Crippen LogP contribution < -0.4 is 5.32 Å². The van der Waals surface area contributed by atoms with E-state index in [2.05, 4.69) is 12.2 Å². The van der Waals surface area contributed by atoms with Crippen LogP contribution in [0.5, 0.6) is 0 Å². The lowest BCUT2D eigenvalue weighted by atomic mass is 10.1. The highest BCUT2D eigenvalue weighted by molar-refractivity contribution is 4.70. The van der Waals surface area contributed by atoms with E-state index in [0.29, 0.717) is 6.04 Å². The molecule has 0 aromatic carbocycles. The predicted octanol–water partition coefficient (Wildman–Crippen LogP) is 0.898. The Bertz CT molecular complexity index is 121.